The summed E-state index contributed by atoms with van der Waals surface area (Å²) in [6.45, 7) is 7.56. The highest BCUT2D eigenvalue weighted by Gasteiger charge is 2.23. The van der Waals surface area contributed by atoms with Crippen LogP contribution in [0.25, 0.3) is 0 Å². The lowest BCUT2D eigenvalue weighted by atomic mass is 9.99. The lowest BCUT2D eigenvalue weighted by Gasteiger charge is -2.29. The average molecular weight is 336 g/mol. The van der Waals surface area contributed by atoms with E-state index in [4.69, 9.17) is 13.9 Å². The van der Waals surface area contributed by atoms with Crippen molar-refractivity contribution in [1.29, 1.82) is 0 Å². The average Bonchev–Trinajstić information content (AvgIpc) is 3.05. The molecule has 134 valence electrons. The second-order valence-corrected chi connectivity index (χ2v) is 6.98. The van der Waals surface area contributed by atoms with Gasteiger partial charge in [0.2, 0.25) is 0 Å². The van der Waals surface area contributed by atoms with Gasteiger partial charge in [-0.15, -0.1) is 0 Å². The molecule has 0 spiro atoms. The molecule has 1 unspecified atom stereocenters. The minimum atomic E-state index is -0.109. The normalized spacial score (nSPS) is 23.3. The number of amides is 1. The van der Waals surface area contributed by atoms with Crippen molar-refractivity contribution in [3.63, 3.8) is 0 Å². The van der Waals surface area contributed by atoms with Crippen molar-refractivity contribution in [2.75, 3.05) is 46.5 Å². The Bertz CT molecular complexity index is 531. The molecule has 1 amide bonds. The molecule has 6 heteroatoms. The van der Waals surface area contributed by atoms with E-state index in [1.54, 1.807) is 18.0 Å². The van der Waals surface area contributed by atoms with Crippen LogP contribution in [-0.4, -0.2) is 68.3 Å². The molecule has 3 rings (SSSR count). The molecule has 24 heavy (non-hydrogen) atoms. The molecule has 1 aromatic rings. The number of nitrogens with zero attached hydrogens (tertiary/aromatic N) is 2. The van der Waals surface area contributed by atoms with Gasteiger partial charge in [-0.1, -0.05) is 6.92 Å². The molecule has 3 heterocycles. The van der Waals surface area contributed by atoms with Crippen LogP contribution in [0.15, 0.2) is 16.5 Å². The summed E-state index contributed by atoms with van der Waals surface area (Å²) in [5.74, 6) is 1.96. The first kappa shape index (κ1) is 17.5. The lowest BCUT2D eigenvalue weighted by Crippen LogP contribution is -2.40. The first-order chi connectivity index (χ1) is 11.6. The molecule has 2 aliphatic rings. The maximum Gasteiger partial charge on any atom is 0.289 e. The molecule has 0 aliphatic carbocycles. The lowest BCUT2D eigenvalue weighted by molar-refractivity contribution is -0.0934. The Kier molecular flexibility index (Phi) is 5.92. The van der Waals surface area contributed by atoms with Crippen LogP contribution in [0, 0.1) is 5.92 Å². The molecule has 0 radical (unpaired) electrons. The van der Waals surface area contributed by atoms with E-state index in [-0.39, 0.29) is 12.0 Å². The minimum Gasteiger partial charge on any atom is -0.455 e. The monoisotopic (exact) mass is 336 g/mol. The molecule has 0 aromatic carbocycles. The van der Waals surface area contributed by atoms with Gasteiger partial charge in [0.05, 0.1) is 32.5 Å². The van der Waals surface area contributed by atoms with Crippen LogP contribution in [0.5, 0.6) is 0 Å². The third-order valence-corrected chi connectivity index (χ3v) is 4.84. The molecule has 1 atom stereocenters. The standard InChI is InChI=1S/C18H28N2O4/c1-14-5-7-20(8-6-14)12-15-3-4-17(24-15)18(21)19(2)11-16-13-22-9-10-23-16/h3-4,14,16H,5-13H2,1-2H3. The van der Waals surface area contributed by atoms with E-state index in [1.165, 1.54) is 12.8 Å². The van der Waals surface area contributed by atoms with Gasteiger partial charge >= 0.3 is 0 Å². The number of likely N-dealkylation sites (tertiary alicyclic amines) is 1. The molecule has 0 N–H and O–H groups in total. The summed E-state index contributed by atoms with van der Waals surface area (Å²) >= 11 is 0. The van der Waals surface area contributed by atoms with Crippen molar-refractivity contribution in [3.05, 3.63) is 23.7 Å². The molecule has 1 aromatic heterocycles. The fraction of sp³-hybridized carbons (Fsp3) is 0.722. The van der Waals surface area contributed by atoms with E-state index in [0.717, 1.165) is 31.3 Å². The van der Waals surface area contributed by atoms with Crippen LogP contribution in [0.4, 0.5) is 0 Å². The highest BCUT2D eigenvalue weighted by atomic mass is 16.6. The molecule has 0 bridgehead atoms. The Morgan fingerprint density at radius 3 is 2.79 bits per heavy atom. The number of hydrogen-bond donors (Lipinski definition) is 0. The van der Waals surface area contributed by atoms with Crippen molar-refractivity contribution in [2.45, 2.75) is 32.4 Å². The Morgan fingerprint density at radius 1 is 1.29 bits per heavy atom. The summed E-state index contributed by atoms with van der Waals surface area (Å²) in [4.78, 5) is 16.5. The summed E-state index contributed by atoms with van der Waals surface area (Å²) in [7, 11) is 1.77. The quantitative estimate of drug-likeness (QED) is 0.823. The molecule has 2 fully saturated rings. The van der Waals surface area contributed by atoms with E-state index in [9.17, 15) is 4.79 Å². The third kappa shape index (κ3) is 4.59. The summed E-state index contributed by atoms with van der Waals surface area (Å²) in [5.41, 5.74) is 0. The zero-order chi connectivity index (χ0) is 16.9. The van der Waals surface area contributed by atoms with Gasteiger partial charge in [0.1, 0.15) is 5.76 Å². The van der Waals surface area contributed by atoms with Crippen LogP contribution >= 0.6 is 0 Å². The number of hydrogen-bond acceptors (Lipinski definition) is 5. The van der Waals surface area contributed by atoms with Gasteiger partial charge in [-0.05, 0) is 44.0 Å². The minimum absolute atomic E-state index is 0.0579. The molecule has 2 aliphatic heterocycles. The van der Waals surface area contributed by atoms with E-state index in [1.807, 2.05) is 6.07 Å². The highest BCUT2D eigenvalue weighted by Crippen LogP contribution is 2.19. The van der Waals surface area contributed by atoms with Crippen LogP contribution in [-0.2, 0) is 16.0 Å². The largest absolute Gasteiger partial charge is 0.455 e. The Hall–Kier alpha value is -1.37. The first-order valence-corrected chi connectivity index (χ1v) is 8.87. The van der Waals surface area contributed by atoms with Crippen LogP contribution in [0.2, 0.25) is 0 Å². The number of carbonyl (C=O) groups excluding carboxylic acids is 1. The summed E-state index contributed by atoms with van der Waals surface area (Å²) in [6.07, 6.45) is 2.41. The second kappa shape index (κ2) is 8.14. The number of piperidine rings is 1. The summed E-state index contributed by atoms with van der Waals surface area (Å²) < 4.78 is 16.7. The molecule has 2 saturated heterocycles. The SMILES string of the molecule is CC1CCN(Cc2ccc(C(=O)N(C)CC3COCCO3)o2)CC1. The molecule has 0 saturated carbocycles. The Morgan fingerprint density at radius 2 is 2.08 bits per heavy atom. The fourth-order valence-corrected chi connectivity index (χ4v) is 3.24. The topological polar surface area (TPSA) is 55.2 Å². The Balaban J connectivity index is 1.51. The smallest absolute Gasteiger partial charge is 0.289 e. The van der Waals surface area contributed by atoms with E-state index < -0.39 is 0 Å². The van der Waals surface area contributed by atoms with Gasteiger partial charge in [-0.2, -0.15) is 0 Å². The van der Waals surface area contributed by atoms with Gasteiger partial charge in [0.25, 0.3) is 5.91 Å². The van der Waals surface area contributed by atoms with Gasteiger partial charge in [-0.25, -0.2) is 0 Å². The maximum atomic E-state index is 12.5. The zero-order valence-corrected chi connectivity index (χ0v) is 14.7. The van der Waals surface area contributed by atoms with Gasteiger partial charge in [0, 0.05) is 13.6 Å². The van der Waals surface area contributed by atoms with Crippen LogP contribution in [0.1, 0.15) is 36.1 Å². The van der Waals surface area contributed by atoms with E-state index in [0.29, 0.717) is 32.1 Å². The second-order valence-electron chi connectivity index (χ2n) is 6.98. The number of rotatable bonds is 5. The highest BCUT2D eigenvalue weighted by molar-refractivity contribution is 5.91. The van der Waals surface area contributed by atoms with Crippen LogP contribution < -0.4 is 0 Å². The number of likely N-dealkylation sites (N-methyl/N-ethyl adjacent to an activating group) is 1. The summed E-state index contributed by atoms with van der Waals surface area (Å²) in [6, 6.07) is 3.69. The number of carbonyl (C=O) groups is 1. The van der Waals surface area contributed by atoms with Gasteiger partial charge < -0.3 is 18.8 Å². The molecular formula is C18H28N2O4. The van der Waals surface area contributed by atoms with E-state index >= 15 is 0 Å². The van der Waals surface area contributed by atoms with Gasteiger partial charge in [0.15, 0.2) is 5.76 Å². The number of furan rings is 1. The van der Waals surface area contributed by atoms with Crippen LogP contribution in [0.3, 0.4) is 0 Å². The van der Waals surface area contributed by atoms with Crippen molar-refractivity contribution in [1.82, 2.24) is 9.80 Å². The maximum absolute atomic E-state index is 12.5. The van der Waals surface area contributed by atoms with Gasteiger partial charge in [-0.3, -0.25) is 9.69 Å². The molecule has 6 nitrogen and oxygen atoms in total. The summed E-state index contributed by atoms with van der Waals surface area (Å²) in [5, 5.41) is 0. The van der Waals surface area contributed by atoms with Crippen molar-refractivity contribution in [3.8, 4) is 0 Å². The molecular weight excluding hydrogens is 308 g/mol. The number of ether oxygens (including phenoxy) is 2. The predicted octanol–water partition coefficient (Wildman–Crippen LogP) is 2.00. The van der Waals surface area contributed by atoms with Crippen molar-refractivity contribution >= 4 is 5.91 Å². The first-order valence-electron chi connectivity index (χ1n) is 8.87. The van der Waals surface area contributed by atoms with Crippen molar-refractivity contribution < 1.29 is 18.7 Å². The zero-order valence-electron chi connectivity index (χ0n) is 14.7. The third-order valence-electron chi connectivity index (χ3n) is 4.84. The van der Waals surface area contributed by atoms with Crippen molar-refractivity contribution in [2.24, 2.45) is 5.92 Å². The predicted molar refractivity (Wildman–Crippen MR) is 89.9 cm³/mol. The fourth-order valence-electron chi connectivity index (χ4n) is 3.24. The van der Waals surface area contributed by atoms with E-state index in [2.05, 4.69) is 11.8 Å². The Labute approximate surface area is 143 Å².